The molecule has 0 aliphatic carbocycles. The fourth-order valence-electron chi connectivity index (χ4n) is 4.40. The maximum absolute atomic E-state index is 12.4. The van der Waals surface area contributed by atoms with Crippen molar-refractivity contribution in [2.45, 2.75) is 161 Å². The number of aliphatic hydroxyl groups excluding tert-OH is 2. The fourth-order valence-corrected chi connectivity index (χ4v) is 5.19. The molecule has 0 aromatic heterocycles. The van der Waals surface area contributed by atoms with Gasteiger partial charge in [-0.3, -0.25) is 18.6 Å². The van der Waals surface area contributed by atoms with Crippen molar-refractivity contribution >= 4 is 19.8 Å². The van der Waals surface area contributed by atoms with Gasteiger partial charge in [-0.1, -0.05) is 123 Å². The Morgan fingerprint density at radius 2 is 1.02 bits per heavy atom. The number of unbranched alkanes of at least 4 members (excludes halogenated alkanes) is 17. The van der Waals surface area contributed by atoms with Crippen molar-refractivity contribution in [1.82, 2.24) is 0 Å². The van der Waals surface area contributed by atoms with E-state index in [0.29, 0.717) is 12.8 Å². The molecular formula is C31H61O10P. The minimum atomic E-state index is -4.59. The van der Waals surface area contributed by atoms with E-state index < -0.39 is 51.8 Å². The van der Waals surface area contributed by atoms with E-state index in [1.807, 2.05) is 0 Å². The summed E-state index contributed by atoms with van der Waals surface area (Å²) in [7, 11) is -4.59. The smallest absolute Gasteiger partial charge is 0.462 e. The molecule has 0 aliphatic heterocycles. The molecule has 0 saturated heterocycles. The van der Waals surface area contributed by atoms with E-state index in [0.717, 1.165) is 38.5 Å². The highest BCUT2D eigenvalue weighted by Gasteiger charge is 2.27. The van der Waals surface area contributed by atoms with Crippen LogP contribution in [-0.2, 0) is 32.7 Å². The summed E-state index contributed by atoms with van der Waals surface area (Å²) in [6.07, 6.45) is 19.5. The van der Waals surface area contributed by atoms with E-state index in [-0.39, 0.29) is 19.4 Å². The number of carbonyl (C=O) groups is 2. The van der Waals surface area contributed by atoms with Gasteiger partial charge >= 0.3 is 19.8 Å². The van der Waals surface area contributed by atoms with Crippen LogP contribution in [0.2, 0.25) is 0 Å². The molecule has 0 aromatic carbocycles. The Hall–Kier alpha value is -1.03. The van der Waals surface area contributed by atoms with Crippen molar-refractivity contribution in [3.8, 4) is 0 Å². The fraction of sp³-hybridized carbons (Fsp3) is 0.935. The molecular weight excluding hydrogens is 563 g/mol. The van der Waals surface area contributed by atoms with Crippen LogP contribution in [0, 0.1) is 0 Å². The molecule has 0 saturated carbocycles. The topological polar surface area (TPSA) is 149 Å². The summed E-state index contributed by atoms with van der Waals surface area (Å²) in [5.41, 5.74) is 0. The molecule has 3 N–H and O–H groups in total. The molecule has 0 rings (SSSR count). The first-order chi connectivity index (χ1) is 20.2. The Morgan fingerprint density at radius 3 is 1.48 bits per heavy atom. The zero-order valence-electron chi connectivity index (χ0n) is 26.5. The molecule has 0 aliphatic rings. The summed E-state index contributed by atoms with van der Waals surface area (Å²) in [5.74, 6) is -0.925. The van der Waals surface area contributed by atoms with Crippen LogP contribution in [0.1, 0.15) is 149 Å². The van der Waals surface area contributed by atoms with Crippen molar-refractivity contribution in [2.24, 2.45) is 0 Å². The first-order valence-electron chi connectivity index (χ1n) is 16.5. The monoisotopic (exact) mass is 624 g/mol. The van der Waals surface area contributed by atoms with Gasteiger partial charge in [0.15, 0.2) is 6.10 Å². The average molecular weight is 625 g/mol. The van der Waals surface area contributed by atoms with Crippen molar-refractivity contribution in [1.29, 1.82) is 0 Å². The lowest BCUT2D eigenvalue weighted by Gasteiger charge is -2.20. The van der Waals surface area contributed by atoms with Crippen LogP contribution in [0.3, 0.4) is 0 Å². The lowest BCUT2D eigenvalue weighted by molar-refractivity contribution is -0.161. The zero-order valence-corrected chi connectivity index (χ0v) is 27.4. The molecule has 0 heterocycles. The van der Waals surface area contributed by atoms with Crippen molar-refractivity contribution in [2.75, 3.05) is 26.4 Å². The highest BCUT2D eigenvalue weighted by atomic mass is 31.2. The number of esters is 2. The van der Waals surface area contributed by atoms with Crippen LogP contribution in [-0.4, -0.2) is 65.7 Å². The highest BCUT2D eigenvalue weighted by Crippen LogP contribution is 2.43. The summed E-state index contributed by atoms with van der Waals surface area (Å²) in [5, 5.41) is 18.2. The average Bonchev–Trinajstić information content (AvgIpc) is 2.97. The quantitative estimate of drug-likeness (QED) is 0.0412. The predicted octanol–water partition coefficient (Wildman–Crippen LogP) is 7.16. The van der Waals surface area contributed by atoms with E-state index in [9.17, 15) is 24.2 Å². The summed E-state index contributed by atoms with van der Waals surface area (Å²) in [6.45, 7) is 2.32. The molecule has 10 nitrogen and oxygen atoms in total. The molecule has 2 unspecified atom stereocenters. The molecule has 3 atom stereocenters. The molecule has 0 spiro atoms. The third kappa shape index (κ3) is 27.8. The van der Waals surface area contributed by atoms with Crippen molar-refractivity contribution in [3.63, 3.8) is 0 Å². The summed E-state index contributed by atoms with van der Waals surface area (Å²) < 4.78 is 32.3. The van der Waals surface area contributed by atoms with Crippen LogP contribution >= 0.6 is 7.82 Å². The molecule has 0 fully saturated rings. The number of ether oxygens (including phenoxy) is 2. The van der Waals surface area contributed by atoms with E-state index in [2.05, 4.69) is 18.4 Å². The van der Waals surface area contributed by atoms with E-state index in [1.54, 1.807) is 0 Å². The molecule has 0 radical (unpaired) electrons. The predicted molar refractivity (Wildman–Crippen MR) is 164 cm³/mol. The number of phosphoric acid groups is 1. The van der Waals surface area contributed by atoms with Gasteiger partial charge in [0.05, 0.1) is 19.8 Å². The number of carbonyl (C=O) groups excluding carboxylic acids is 2. The largest absolute Gasteiger partial charge is 0.472 e. The van der Waals surface area contributed by atoms with Crippen molar-refractivity contribution < 1.29 is 47.8 Å². The Balaban J connectivity index is 4.44. The van der Waals surface area contributed by atoms with Gasteiger partial charge in [0, 0.05) is 12.8 Å². The van der Waals surface area contributed by atoms with Gasteiger partial charge in [0.25, 0.3) is 0 Å². The van der Waals surface area contributed by atoms with E-state index in [1.165, 1.54) is 70.6 Å². The van der Waals surface area contributed by atoms with E-state index >= 15 is 0 Å². The third-order valence-electron chi connectivity index (χ3n) is 7.01. The van der Waals surface area contributed by atoms with Crippen LogP contribution < -0.4 is 0 Å². The van der Waals surface area contributed by atoms with Gasteiger partial charge in [0.1, 0.15) is 12.7 Å². The normalized spacial score (nSPS) is 14.3. The van der Waals surface area contributed by atoms with Crippen LogP contribution in [0.25, 0.3) is 0 Å². The number of hydrogen-bond acceptors (Lipinski definition) is 9. The number of aliphatic hydroxyl groups is 2. The molecule has 42 heavy (non-hydrogen) atoms. The summed E-state index contributed by atoms with van der Waals surface area (Å²) in [4.78, 5) is 34.5. The second-order valence-electron chi connectivity index (χ2n) is 11.2. The summed E-state index contributed by atoms with van der Waals surface area (Å²) >= 11 is 0. The summed E-state index contributed by atoms with van der Waals surface area (Å²) in [6, 6.07) is 0. The number of phosphoric ester groups is 1. The standard InChI is InChI=1S/C31H61O10P/c1-3-5-7-9-11-13-15-17-19-21-23-31(35)41-29(27-40-42(36,37)39-25-28(33)24-32)26-38-30(34)22-20-18-16-14-12-10-8-6-4-2/h28-29,32-33H,3-27H2,1-2H3,(H,36,37)/t28?,29-/m1/s1. The van der Waals surface area contributed by atoms with Gasteiger partial charge in [-0.25, -0.2) is 4.57 Å². The van der Waals surface area contributed by atoms with Gasteiger partial charge in [0.2, 0.25) is 0 Å². The molecule has 0 bridgehead atoms. The Kier molecular flexibility index (Phi) is 28.0. The first kappa shape index (κ1) is 41.0. The lowest BCUT2D eigenvalue weighted by Crippen LogP contribution is -2.29. The second kappa shape index (κ2) is 28.7. The lowest BCUT2D eigenvalue weighted by atomic mass is 10.1. The number of rotatable bonds is 31. The minimum Gasteiger partial charge on any atom is -0.462 e. The SMILES string of the molecule is CCCCCCCCCCCCC(=O)O[C@H](COC(=O)CCCCCCCCCCC)COP(=O)(O)OCC(O)CO. The minimum absolute atomic E-state index is 0.190. The van der Waals surface area contributed by atoms with Crippen LogP contribution in [0.5, 0.6) is 0 Å². The van der Waals surface area contributed by atoms with E-state index in [4.69, 9.17) is 19.1 Å². The maximum Gasteiger partial charge on any atom is 0.472 e. The highest BCUT2D eigenvalue weighted by molar-refractivity contribution is 7.47. The second-order valence-corrected chi connectivity index (χ2v) is 12.7. The van der Waals surface area contributed by atoms with Gasteiger partial charge in [-0.05, 0) is 12.8 Å². The Bertz CT molecular complexity index is 691. The third-order valence-corrected chi connectivity index (χ3v) is 7.96. The zero-order chi connectivity index (χ0) is 31.3. The van der Waals surface area contributed by atoms with Gasteiger partial charge in [-0.2, -0.15) is 0 Å². The van der Waals surface area contributed by atoms with Gasteiger partial charge in [-0.15, -0.1) is 0 Å². The van der Waals surface area contributed by atoms with Crippen molar-refractivity contribution in [3.05, 3.63) is 0 Å². The van der Waals surface area contributed by atoms with Gasteiger partial charge < -0.3 is 24.6 Å². The van der Waals surface area contributed by atoms with Crippen LogP contribution in [0.4, 0.5) is 0 Å². The molecule has 0 aromatic rings. The molecule has 250 valence electrons. The molecule has 11 heteroatoms. The van der Waals surface area contributed by atoms with Crippen LogP contribution in [0.15, 0.2) is 0 Å². The Labute approximate surface area is 254 Å². The number of hydrogen-bond donors (Lipinski definition) is 3. The maximum atomic E-state index is 12.4. The molecule has 0 amide bonds. The Morgan fingerprint density at radius 1 is 0.619 bits per heavy atom. The first-order valence-corrected chi connectivity index (χ1v) is 18.0.